The summed E-state index contributed by atoms with van der Waals surface area (Å²) in [6, 6.07) is 6.53. The normalized spacial score (nSPS) is 11.9. The van der Waals surface area contributed by atoms with Crippen molar-refractivity contribution in [1.29, 1.82) is 0 Å². The second-order valence-corrected chi connectivity index (χ2v) is 6.46. The number of aryl methyl sites for hydroxylation is 1. The summed E-state index contributed by atoms with van der Waals surface area (Å²) in [5.74, 6) is 0. The molecule has 0 unspecified atom stereocenters. The molecule has 1 N–H and O–H groups in total. The van der Waals surface area contributed by atoms with E-state index in [1.807, 2.05) is 0 Å². The van der Waals surface area contributed by atoms with E-state index in [0.29, 0.717) is 0 Å². The van der Waals surface area contributed by atoms with Gasteiger partial charge in [-0.05, 0) is 29.5 Å². The van der Waals surface area contributed by atoms with Crippen LogP contribution in [0.2, 0.25) is 0 Å². The minimum absolute atomic E-state index is 1.04. The molecule has 0 aliphatic carbocycles. The van der Waals surface area contributed by atoms with Crippen LogP contribution in [0.25, 0.3) is 10.6 Å². The maximum atomic E-state index is 3.36. The molecule has 0 aromatic carbocycles. The molecule has 0 radical (unpaired) electrons. The molecule has 2 aromatic rings. The van der Waals surface area contributed by atoms with Gasteiger partial charge >= 0.3 is 0 Å². The smallest absolute Gasteiger partial charge is 0.0783 e. The Kier molecular flexibility index (Phi) is 3.69. The fourth-order valence-electron chi connectivity index (χ4n) is 1.92. The molecule has 0 aliphatic heterocycles. The van der Waals surface area contributed by atoms with Gasteiger partial charge in [-0.2, -0.15) is 0 Å². The summed E-state index contributed by atoms with van der Waals surface area (Å²) in [5.41, 5.74) is 2.67. The van der Waals surface area contributed by atoms with Gasteiger partial charge in [-0.25, -0.2) is 0 Å². The van der Waals surface area contributed by atoms with E-state index in [9.17, 15) is 0 Å². The summed E-state index contributed by atoms with van der Waals surface area (Å²) in [4.78, 5) is 4.68. The molecule has 0 bridgehead atoms. The summed E-state index contributed by atoms with van der Waals surface area (Å²) in [6.45, 7) is 1.22. The maximum Gasteiger partial charge on any atom is 0.0783 e. The van der Waals surface area contributed by atoms with Crippen LogP contribution in [0.1, 0.15) is 12.0 Å². The molecule has 92 valence electrons. The summed E-state index contributed by atoms with van der Waals surface area (Å²) >= 11 is 1.78. The van der Waals surface area contributed by atoms with Gasteiger partial charge in [0.1, 0.15) is 0 Å². The van der Waals surface area contributed by atoms with Crippen molar-refractivity contribution in [2.75, 3.05) is 27.7 Å². The van der Waals surface area contributed by atoms with Gasteiger partial charge < -0.3 is 9.47 Å². The maximum absolute atomic E-state index is 3.36. The molecule has 17 heavy (non-hydrogen) atoms. The number of thiophene rings is 1. The molecule has 2 nitrogen and oxygen atoms in total. The van der Waals surface area contributed by atoms with Crippen LogP contribution in [0.4, 0.5) is 0 Å². The van der Waals surface area contributed by atoms with Gasteiger partial charge in [0.2, 0.25) is 0 Å². The molecule has 2 rings (SSSR count). The first-order valence-electron chi connectivity index (χ1n) is 6.06. The van der Waals surface area contributed by atoms with Gasteiger partial charge in [-0.15, -0.1) is 11.3 Å². The van der Waals surface area contributed by atoms with E-state index in [2.05, 4.69) is 55.9 Å². The number of rotatable bonds is 5. The van der Waals surface area contributed by atoms with Crippen LogP contribution in [0, 0.1) is 0 Å². The van der Waals surface area contributed by atoms with Crippen molar-refractivity contribution in [3.8, 4) is 10.6 Å². The molecule has 0 saturated carbocycles. The summed E-state index contributed by atoms with van der Waals surface area (Å²) in [6.07, 6.45) is 4.55. The third-order valence-electron chi connectivity index (χ3n) is 2.82. The minimum Gasteiger partial charge on any atom is -0.360 e. The number of hydrogen-bond acceptors (Lipinski definition) is 1. The Bertz CT molecular complexity index is 449. The van der Waals surface area contributed by atoms with Gasteiger partial charge in [0, 0.05) is 12.6 Å². The van der Waals surface area contributed by atoms with Crippen LogP contribution in [0.5, 0.6) is 0 Å². The highest BCUT2D eigenvalue weighted by molar-refractivity contribution is 7.13. The molecule has 0 spiro atoms. The van der Waals surface area contributed by atoms with Crippen molar-refractivity contribution < 1.29 is 4.48 Å². The summed E-state index contributed by atoms with van der Waals surface area (Å²) < 4.78 is 1.04. The van der Waals surface area contributed by atoms with Crippen molar-refractivity contribution >= 4 is 11.3 Å². The fourth-order valence-corrected chi connectivity index (χ4v) is 2.62. The molecular formula is C14H21N2S+. The monoisotopic (exact) mass is 249 g/mol. The zero-order chi connectivity index (χ0) is 12.3. The molecule has 0 fully saturated rings. The van der Waals surface area contributed by atoms with E-state index in [1.165, 1.54) is 29.1 Å². The SMILES string of the molecule is C[N+](C)(C)CCCc1c[nH]c(-c2cccs2)c1. The van der Waals surface area contributed by atoms with Crippen molar-refractivity contribution in [3.05, 3.63) is 35.3 Å². The predicted octanol–water partition coefficient (Wildman–Crippen LogP) is 3.38. The Morgan fingerprint density at radius 1 is 1.29 bits per heavy atom. The first-order valence-corrected chi connectivity index (χ1v) is 6.94. The molecule has 2 aromatic heterocycles. The fraction of sp³-hybridized carbons (Fsp3) is 0.429. The number of aromatic amines is 1. The van der Waals surface area contributed by atoms with Gasteiger partial charge in [-0.3, -0.25) is 0 Å². The first-order chi connectivity index (χ1) is 8.04. The largest absolute Gasteiger partial charge is 0.360 e. The number of H-pyrrole nitrogens is 1. The van der Waals surface area contributed by atoms with Crippen molar-refractivity contribution in [3.63, 3.8) is 0 Å². The second-order valence-electron chi connectivity index (χ2n) is 5.52. The Labute approximate surface area is 107 Å². The lowest BCUT2D eigenvalue weighted by Gasteiger charge is -2.23. The lowest BCUT2D eigenvalue weighted by molar-refractivity contribution is -0.870. The first kappa shape index (κ1) is 12.4. The highest BCUT2D eigenvalue weighted by Gasteiger charge is 2.07. The van der Waals surface area contributed by atoms with Crippen LogP contribution in [-0.2, 0) is 6.42 Å². The third-order valence-corrected chi connectivity index (χ3v) is 3.73. The average molecular weight is 249 g/mol. The summed E-state index contributed by atoms with van der Waals surface area (Å²) in [5, 5.41) is 2.12. The molecule has 0 saturated heterocycles. The third kappa shape index (κ3) is 3.72. The zero-order valence-electron chi connectivity index (χ0n) is 10.9. The van der Waals surface area contributed by atoms with E-state index in [0.717, 1.165) is 10.9 Å². The number of hydrogen-bond donors (Lipinski definition) is 1. The van der Waals surface area contributed by atoms with Gasteiger partial charge in [0.25, 0.3) is 0 Å². The highest BCUT2D eigenvalue weighted by Crippen LogP contribution is 2.24. The minimum atomic E-state index is 1.04. The van der Waals surface area contributed by atoms with Crippen LogP contribution in [0.15, 0.2) is 29.8 Å². The van der Waals surface area contributed by atoms with E-state index in [1.54, 1.807) is 11.3 Å². The lowest BCUT2D eigenvalue weighted by Crippen LogP contribution is -2.35. The van der Waals surface area contributed by atoms with Gasteiger partial charge in [0.15, 0.2) is 0 Å². The Balaban J connectivity index is 1.91. The van der Waals surface area contributed by atoms with Crippen molar-refractivity contribution in [2.45, 2.75) is 12.8 Å². The van der Waals surface area contributed by atoms with Crippen LogP contribution >= 0.6 is 11.3 Å². The molecule has 0 atom stereocenters. The van der Waals surface area contributed by atoms with E-state index >= 15 is 0 Å². The Hall–Kier alpha value is -1.06. The quantitative estimate of drug-likeness (QED) is 0.782. The van der Waals surface area contributed by atoms with Gasteiger partial charge in [-0.1, -0.05) is 6.07 Å². The summed E-state index contributed by atoms with van der Waals surface area (Å²) in [7, 11) is 6.73. The topological polar surface area (TPSA) is 15.8 Å². The van der Waals surface area contributed by atoms with Crippen molar-refractivity contribution in [1.82, 2.24) is 4.98 Å². The van der Waals surface area contributed by atoms with Gasteiger partial charge in [0.05, 0.1) is 38.3 Å². The molecule has 3 heteroatoms. The second kappa shape index (κ2) is 5.07. The standard InChI is InChI=1S/C14H21N2S/c1-16(2,3)8-4-6-12-10-13(15-11-12)14-7-5-9-17-14/h5,7,9-11,15H,4,6,8H2,1-3H3/q+1. The molecule has 0 aliphatic rings. The van der Waals surface area contributed by atoms with E-state index in [4.69, 9.17) is 0 Å². The van der Waals surface area contributed by atoms with E-state index in [-0.39, 0.29) is 0 Å². The van der Waals surface area contributed by atoms with Crippen LogP contribution < -0.4 is 0 Å². The molecular weight excluding hydrogens is 228 g/mol. The Morgan fingerprint density at radius 2 is 2.12 bits per heavy atom. The average Bonchev–Trinajstić information content (AvgIpc) is 2.83. The number of quaternary nitrogens is 1. The van der Waals surface area contributed by atoms with Crippen LogP contribution in [-0.4, -0.2) is 37.2 Å². The molecule has 0 amide bonds. The molecule has 2 heterocycles. The zero-order valence-corrected chi connectivity index (χ0v) is 11.7. The van der Waals surface area contributed by atoms with Crippen molar-refractivity contribution in [2.24, 2.45) is 0 Å². The van der Waals surface area contributed by atoms with E-state index < -0.39 is 0 Å². The number of aromatic nitrogens is 1. The number of nitrogens with zero attached hydrogens (tertiary/aromatic N) is 1. The highest BCUT2D eigenvalue weighted by atomic mass is 32.1. The lowest BCUT2D eigenvalue weighted by atomic mass is 10.1. The predicted molar refractivity (Wildman–Crippen MR) is 75.3 cm³/mol. The Morgan fingerprint density at radius 3 is 2.76 bits per heavy atom. The van der Waals surface area contributed by atoms with Crippen LogP contribution in [0.3, 0.4) is 0 Å². The number of nitrogens with one attached hydrogen (secondary N) is 1.